The van der Waals surface area contributed by atoms with Crippen LogP contribution in [-0.4, -0.2) is 67.9 Å². The molecule has 2 saturated heterocycles. The lowest BCUT2D eigenvalue weighted by atomic mass is 10.1. The van der Waals surface area contributed by atoms with Gasteiger partial charge in [-0.1, -0.05) is 0 Å². The number of rotatable bonds is 6. The second-order valence-corrected chi connectivity index (χ2v) is 9.79. The molecule has 2 aliphatic heterocycles. The third-order valence-corrected chi connectivity index (χ3v) is 7.66. The van der Waals surface area contributed by atoms with Crippen molar-refractivity contribution in [1.29, 1.82) is 0 Å². The molecule has 0 unspecified atom stereocenters. The zero-order valence-electron chi connectivity index (χ0n) is 18.0. The quantitative estimate of drug-likeness (QED) is 0.496. The van der Waals surface area contributed by atoms with E-state index in [0.29, 0.717) is 18.9 Å². The summed E-state index contributed by atoms with van der Waals surface area (Å²) in [5, 5.41) is 13.9. The number of anilines is 2. The molecule has 176 valence electrons. The molecule has 3 heterocycles. The van der Waals surface area contributed by atoms with E-state index in [1.165, 1.54) is 28.7 Å². The summed E-state index contributed by atoms with van der Waals surface area (Å²) >= 11 is 0. The average molecular weight is 476 g/mol. The molecule has 11 nitrogen and oxygen atoms in total. The monoisotopic (exact) mass is 475 g/mol. The van der Waals surface area contributed by atoms with Crippen LogP contribution in [0.2, 0.25) is 0 Å². The first-order chi connectivity index (χ1) is 15.9. The van der Waals surface area contributed by atoms with Gasteiger partial charge in [0.05, 0.1) is 28.6 Å². The van der Waals surface area contributed by atoms with Gasteiger partial charge < -0.3 is 15.0 Å². The van der Waals surface area contributed by atoms with E-state index in [1.807, 2.05) is 4.90 Å². The number of nitrogens with zero attached hydrogens (tertiary/aromatic N) is 4. The van der Waals surface area contributed by atoms with Gasteiger partial charge in [0.1, 0.15) is 11.9 Å². The number of nitrogens with one attached hydrogen (secondary N) is 1. The van der Waals surface area contributed by atoms with Crippen molar-refractivity contribution in [3.8, 4) is 0 Å². The summed E-state index contributed by atoms with van der Waals surface area (Å²) < 4.78 is 32.9. The van der Waals surface area contributed by atoms with E-state index in [1.54, 1.807) is 6.07 Å². The molecular formula is C21H25N5O6S. The van der Waals surface area contributed by atoms with Crippen molar-refractivity contribution >= 4 is 33.0 Å². The van der Waals surface area contributed by atoms with Crippen molar-refractivity contribution in [2.45, 2.75) is 24.2 Å². The van der Waals surface area contributed by atoms with Crippen LogP contribution in [0.1, 0.15) is 29.6 Å². The molecule has 2 aromatic rings. The van der Waals surface area contributed by atoms with Crippen molar-refractivity contribution in [1.82, 2.24) is 9.29 Å². The lowest BCUT2D eigenvalue weighted by Crippen LogP contribution is -2.40. The first-order valence-corrected chi connectivity index (χ1v) is 12.2. The predicted octanol–water partition coefficient (Wildman–Crippen LogP) is 2.25. The number of piperidine rings is 1. The fraction of sp³-hybridized carbons (Fsp3) is 0.429. The Bertz CT molecular complexity index is 1140. The van der Waals surface area contributed by atoms with Gasteiger partial charge in [0.15, 0.2) is 0 Å². The normalized spacial score (nSPS) is 17.5. The van der Waals surface area contributed by atoms with Crippen LogP contribution in [0.5, 0.6) is 0 Å². The minimum absolute atomic E-state index is 0.000428. The highest BCUT2D eigenvalue weighted by Crippen LogP contribution is 2.30. The molecule has 0 atom stereocenters. The van der Waals surface area contributed by atoms with Crippen molar-refractivity contribution < 1.29 is 22.9 Å². The molecule has 0 saturated carbocycles. The molecule has 33 heavy (non-hydrogen) atoms. The SMILES string of the molecule is O=C(Nc1ccncc1[N+](=O)[O-])c1cc(S(=O)(=O)N2CCOCC2)ccc1N1CCCCC1. The van der Waals surface area contributed by atoms with E-state index in [2.05, 4.69) is 10.3 Å². The zero-order valence-corrected chi connectivity index (χ0v) is 18.8. The molecule has 0 aliphatic carbocycles. The Morgan fingerprint density at radius 2 is 1.82 bits per heavy atom. The summed E-state index contributed by atoms with van der Waals surface area (Å²) in [6.07, 6.45) is 5.41. The largest absolute Gasteiger partial charge is 0.379 e. The second-order valence-electron chi connectivity index (χ2n) is 7.85. The van der Waals surface area contributed by atoms with Gasteiger partial charge >= 0.3 is 5.69 Å². The third kappa shape index (κ3) is 4.97. The number of nitro groups is 1. The molecule has 1 amide bonds. The number of aromatic nitrogens is 1. The van der Waals surface area contributed by atoms with Crippen LogP contribution in [0.4, 0.5) is 17.1 Å². The number of hydrogen-bond donors (Lipinski definition) is 1. The van der Waals surface area contributed by atoms with Gasteiger partial charge in [-0.05, 0) is 43.5 Å². The molecule has 0 radical (unpaired) electrons. The van der Waals surface area contributed by atoms with Gasteiger partial charge in [0.2, 0.25) is 10.0 Å². The van der Waals surface area contributed by atoms with Crippen molar-refractivity contribution in [3.05, 3.63) is 52.3 Å². The summed E-state index contributed by atoms with van der Waals surface area (Å²) in [5.41, 5.74) is 0.399. The number of morpholine rings is 1. The molecule has 4 rings (SSSR count). The van der Waals surface area contributed by atoms with Gasteiger partial charge in [-0.2, -0.15) is 4.31 Å². The Kier molecular flexibility index (Phi) is 6.86. The Balaban J connectivity index is 1.72. The number of carbonyl (C=O) groups is 1. The summed E-state index contributed by atoms with van der Waals surface area (Å²) in [6.45, 7) is 2.58. The number of benzene rings is 1. The lowest BCUT2D eigenvalue weighted by Gasteiger charge is -2.31. The fourth-order valence-electron chi connectivity index (χ4n) is 4.03. The molecule has 0 bridgehead atoms. The summed E-state index contributed by atoms with van der Waals surface area (Å²) in [5.74, 6) is -0.621. The minimum atomic E-state index is -3.82. The second kappa shape index (κ2) is 9.81. The summed E-state index contributed by atoms with van der Waals surface area (Å²) in [4.78, 5) is 29.8. The van der Waals surface area contributed by atoms with Gasteiger partial charge in [-0.3, -0.25) is 19.9 Å². The zero-order chi connectivity index (χ0) is 23.4. The van der Waals surface area contributed by atoms with Crippen LogP contribution in [-0.2, 0) is 14.8 Å². The topological polar surface area (TPSA) is 135 Å². The minimum Gasteiger partial charge on any atom is -0.379 e. The predicted molar refractivity (Wildman–Crippen MR) is 121 cm³/mol. The van der Waals surface area contributed by atoms with Crippen LogP contribution in [0.25, 0.3) is 0 Å². The van der Waals surface area contributed by atoms with Crippen LogP contribution < -0.4 is 10.2 Å². The van der Waals surface area contributed by atoms with Gasteiger partial charge in [-0.15, -0.1) is 0 Å². The maximum absolute atomic E-state index is 13.3. The third-order valence-electron chi connectivity index (χ3n) is 5.76. The molecule has 1 N–H and O–H groups in total. The number of pyridine rings is 1. The first-order valence-electron chi connectivity index (χ1n) is 10.7. The first kappa shape index (κ1) is 23.1. The standard InChI is InChI=1S/C21H25N5O6S/c27-21(23-18-6-7-22-15-20(18)26(28)29)17-14-16(33(30,31)25-10-12-32-13-11-25)4-5-19(17)24-8-2-1-3-9-24/h4-7,14-15H,1-3,8-13H2,(H,22,23,27). The number of amides is 1. The maximum atomic E-state index is 13.3. The van der Waals surface area contributed by atoms with E-state index in [9.17, 15) is 23.3 Å². The van der Waals surface area contributed by atoms with E-state index >= 15 is 0 Å². The Morgan fingerprint density at radius 1 is 1.09 bits per heavy atom. The molecule has 0 spiro atoms. The maximum Gasteiger partial charge on any atom is 0.310 e. The fourth-order valence-corrected chi connectivity index (χ4v) is 5.47. The molecule has 2 fully saturated rings. The average Bonchev–Trinajstić information content (AvgIpc) is 2.85. The van der Waals surface area contributed by atoms with Crippen LogP contribution in [0.3, 0.4) is 0 Å². The van der Waals surface area contributed by atoms with Gasteiger partial charge in [-0.25, -0.2) is 8.42 Å². The van der Waals surface area contributed by atoms with Crippen molar-refractivity contribution in [2.75, 3.05) is 49.6 Å². The van der Waals surface area contributed by atoms with Crippen molar-refractivity contribution in [3.63, 3.8) is 0 Å². The van der Waals surface area contributed by atoms with Crippen molar-refractivity contribution in [2.24, 2.45) is 0 Å². The Morgan fingerprint density at radius 3 is 2.52 bits per heavy atom. The Labute approximate surface area is 191 Å². The lowest BCUT2D eigenvalue weighted by molar-refractivity contribution is -0.384. The van der Waals surface area contributed by atoms with Crippen LogP contribution >= 0.6 is 0 Å². The smallest absolute Gasteiger partial charge is 0.310 e. The highest BCUT2D eigenvalue weighted by molar-refractivity contribution is 7.89. The van der Waals surface area contributed by atoms with Gasteiger partial charge in [0.25, 0.3) is 5.91 Å². The van der Waals surface area contributed by atoms with Crippen LogP contribution in [0.15, 0.2) is 41.6 Å². The Hall–Kier alpha value is -3.09. The molecule has 12 heteroatoms. The number of ether oxygens (including phenoxy) is 1. The van der Waals surface area contributed by atoms with E-state index in [-0.39, 0.29) is 34.9 Å². The highest BCUT2D eigenvalue weighted by atomic mass is 32.2. The van der Waals surface area contributed by atoms with Gasteiger partial charge in [0, 0.05) is 38.1 Å². The number of hydrogen-bond acceptors (Lipinski definition) is 8. The van der Waals surface area contributed by atoms with E-state index in [0.717, 1.165) is 38.5 Å². The highest BCUT2D eigenvalue weighted by Gasteiger charge is 2.29. The molecular weight excluding hydrogens is 450 g/mol. The number of carbonyl (C=O) groups excluding carboxylic acids is 1. The van der Waals surface area contributed by atoms with E-state index in [4.69, 9.17) is 4.74 Å². The summed E-state index contributed by atoms with van der Waals surface area (Å²) in [6, 6.07) is 5.86. The van der Waals surface area contributed by atoms with E-state index < -0.39 is 20.9 Å². The number of sulfonamides is 1. The molecule has 2 aliphatic rings. The molecule has 1 aromatic heterocycles. The van der Waals surface area contributed by atoms with Crippen LogP contribution in [0, 0.1) is 10.1 Å². The summed E-state index contributed by atoms with van der Waals surface area (Å²) in [7, 11) is -3.82. The molecule has 1 aromatic carbocycles.